The van der Waals surface area contributed by atoms with Crippen LogP contribution in [0.15, 0.2) is 54.6 Å². The van der Waals surface area contributed by atoms with Crippen LogP contribution in [0, 0.1) is 0 Å². The van der Waals surface area contributed by atoms with E-state index >= 15 is 0 Å². The first kappa shape index (κ1) is 18.0. The summed E-state index contributed by atoms with van der Waals surface area (Å²) in [5.41, 5.74) is 3.95. The maximum atomic E-state index is 9.17. The highest BCUT2D eigenvalue weighted by Crippen LogP contribution is 2.22. The number of rotatable bonds is 8. The third-order valence-corrected chi connectivity index (χ3v) is 5.06. The predicted octanol–water partition coefficient (Wildman–Crippen LogP) is 4.28. The van der Waals surface area contributed by atoms with Crippen molar-refractivity contribution in [2.24, 2.45) is 0 Å². The molecule has 1 saturated heterocycles. The average Bonchev–Trinajstić information content (AvgIpc) is 2.70. The molecular weight excluding hydrogens is 308 g/mol. The number of nitrogens with zero attached hydrogens (tertiary/aromatic N) is 1. The number of anilines is 1. The summed E-state index contributed by atoms with van der Waals surface area (Å²) in [7, 11) is 0. The molecule has 3 rings (SSSR count). The van der Waals surface area contributed by atoms with Crippen LogP contribution in [0.25, 0.3) is 0 Å². The Balaban J connectivity index is 1.58. The lowest BCUT2D eigenvalue weighted by atomic mass is 10.0. The molecule has 2 N–H and O–H groups in total. The molecule has 3 heteroatoms. The van der Waals surface area contributed by atoms with E-state index in [0.717, 1.165) is 19.4 Å². The molecule has 0 radical (unpaired) electrons. The van der Waals surface area contributed by atoms with Crippen molar-refractivity contribution in [2.45, 2.75) is 44.7 Å². The van der Waals surface area contributed by atoms with Crippen LogP contribution in [-0.2, 0) is 6.54 Å². The average molecular weight is 338 g/mol. The van der Waals surface area contributed by atoms with Crippen LogP contribution in [-0.4, -0.2) is 24.8 Å². The fourth-order valence-electron chi connectivity index (χ4n) is 3.59. The number of hydrogen-bond donors (Lipinski definition) is 2. The molecule has 1 atom stereocenters. The first-order valence-electron chi connectivity index (χ1n) is 9.60. The second-order valence-electron chi connectivity index (χ2n) is 6.92. The molecule has 3 nitrogen and oxygen atoms in total. The third-order valence-electron chi connectivity index (χ3n) is 5.06. The molecule has 0 spiro atoms. The van der Waals surface area contributed by atoms with Gasteiger partial charge in [-0.15, -0.1) is 0 Å². The second kappa shape index (κ2) is 9.59. The molecule has 0 bridgehead atoms. The smallest absolute Gasteiger partial charge is 0.0431 e. The molecule has 1 heterocycles. The molecular formula is C22H30N2O. The fourth-order valence-corrected chi connectivity index (χ4v) is 3.59. The van der Waals surface area contributed by atoms with Crippen LogP contribution < -0.4 is 10.2 Å². The van der Waals surface area contributed by atoms with E-state index in [0.29, 0.717) is 0 Å². The van der Waals surface area contributed by atoms with Gasteiger partial charge >= 0.3 is 0 Å². The monoisotopic (exact) mass is 338 g/mol. The molecule has 0 aromatic heterocycles. The van der Waals surface area contributed by atoms with Crippen molar-refractivity contribution in [1.82, 2.24) is 5.32 Å². The van der Waals surface area contributed by atoms with E-state index in [1.807, 2.05) is 6.07 Å². The van der Waals surface area contributed by atoms with Gasteiger partial charge in [-0.05, 0) is 55.4 Å². The van der Waals surface area contributed by atoms with Gasteiger partial charge in [-0.3, -0.25) is 0 Å². The number of piperidine rings is 1. The fraction of sp³-hybridized carbons (Fsp3) is 0.455. The lowest BCUT2D eigenvalue weighted by molar-refractivity contribution is 0.275. The lowest BCUT2D eigenvalue weighted by Crippen LogP contribution is -2.29. The molecule has 0 amide bonds. The molecule has 1 aliphatic rings. The van der Waals surface area contributed by atoms with Crippen LogP contribution in [0.5, 0.6) is 0 Å². The van der Waals surface area contributed by atoms with E-state index in [4.69, 9.17) is 5.11 Å². The summed E-state index contributed by atoms with van der Waals surface area (Å²) in [5.74, 6) is 0. The van der Waals surface area contributed by atoms with Crippen LogP contribution >= 0.6 is 0 Å². The Morgan fingerprint density at radius 3 is 2.32 bits per heavy atom. The minimum Gasteiger partial charge on any atom is -0.396 e. The van der Waals surface area contributed by atoms with Crippen molar-refractivity contribution in [3.63, 3.8) is 0 Å². The summed E-state index contributed by atoms with van der Waals surface area (Å²) in [5, 5.41) is 12.8. The number of nitrogens with one attached hydrogen (secondary N) is 1. The number of hydrogen-bond acceptors (Lipinski definition) is 3. The Hall–Kier alpha value is -1.84. The molecule has 0 aliphatic carbocycles. The van der Waals surface area contributed by atoms with Crippen molar-refractivity contribution < 1.29 is 5.11 Å². The highest BCUT2D eigenvalue weighted by molar-refractivity contribution is 5.47. The highest BCUT2D eigenvalue weighted by Gasteiger charge is 2.12. The van der Waals surface area contributed by atoms with Gasteiger partial charge in [-0.2, -0.15) is 0 Å². The highest BCUT2D eigenvalue weighted by atomic mass is 16.2. The van der Waals surface area contributed by atoms with E-state index < -0.39 is 0 Å². The van der Waals surface area contributed by atoms with Crippen LogP contribution in [0.2, 0.25) is 0 Å². The van der Waals surface area contributed by atoms with E-state index in [-0.39, 0.29) is 12.6 Å². The minimum atomic E-state index is 0.246. The summed E-state index contributed by atoms with van der Waals surface area (Å²) in [6, 6.07) is 19.8. The minimum absolute atomic E-state index is 0.246. The van der Waals surface area contributed by atoms with Crippen LogP contribution in [0.1, 0.15) is 49.3 Å². The summed E-state index contributed by atoms with van der Waals surface area (Å²) < 4.78 is 0. The van der Waals surface area contributed by atoms with Gasteiger partial charge < -0.3 is 15.3 Å². The summed E-state index contributed by atoms with van der Waals surface area (Å²) in [6.07, 6.45) is 5.76. The molecule has 1 aliphatic heterocycles. The Labute approximate surface area is 151 Å². The van der Waals surface area contributed by atoms with Crippen molar-refractivity contribution in [2.75, 3.05) is 24.6 Å². The summed E-state index contributed by atoms with van der Waals surface area (Å²) in [4.78, 5) is 2.49. The largest absolute Gasteiger partial charge is 0.396 e. The van der Waals surface area contributed by atoms with E-state index in [2.05, 4.69) is 58.7 Å². The Kier molecular flexibility index (Phi) is 6.89. The van der Waals surface area contributed by atoms with Gasteiger partial charge in [0.05, 0.1) is 0 Å². The molecule has 1 unspecified atom stereocenters. The van der Waals surface area contributed by atoms with Crippen molar-refractivity contribution >= 4 is 5.69 Å². The van der Waals surface area contributed by atoms with Gasteiger partial charge in [-0.1, -0.05) is 42.5 Å². The number of aliphatic hydroxyl groups excluding tert-OH is 1. The van der Waals surface area contributed by atoms with Crippen molar-refractivity contribution in [1.29, 1.82) is 0 Å². The zero-order chi connectivity index (χ0) is 17.3. The normalized spacial score (nSPS) is 16.0. The van der Waals surface area contributed by atoms with Gasteiger partial charge in [0.15, 0.2) is 0 Å². The molecule has 1 fully saturated rings. The van der Waals surface area contributed by atoms with Gasteiger partial charge in [0.25, 0.3) is 0 Å². The topological polar surface area (TPSA) is 35.5 Å². The van der Waals surface area contributed by atoms with Gasteiger partial charge in [-0.25, -0.2) is 0 Å². The second-order valence-corrected chi connectivity index (χ2v) is 6.92. The SMILES string of the molecule is OCCCC(NCc1ccc(N2CCCCC2)cc1)c1ccccc1. The molecule has 2 aromatic carbocycles. The Morgan fingerprint density at radius 2 is 1.64 bits per heavy atom. The molecule has 2 aromatic rings. The number of benzene rings is 2. The predicted molar refractivity (Wildman–Crippen MR) is 105 cm³/mol. The molecule has 25 heavy (non-hydrogen) atoms. The quantitative estimate of drug-likeness (QED) is 0.754. The van der Waals surface area contributed by atoms with E-state index in [9.17, 15) is 0 Å². The molecule has 134 valence electrons. The van der Waals surface area contributed by atoms with Crippen molar-refractivity contribution in [3.8, 4) is 0 Å². The van der Waals surface area contributed by atoms with Gasteiger partial charge in [0, 0.05) is 38.0 Å². The number of aliphatic hydroxyl groups is 1. The third kappa shape index (κ3) is 5.32. The standard InChI is InChI=1S/C22H30N2O/c25-17-7-10-22(20-8-3-1-4-9-20)23-18-19-11-13-21(14-12-19)24-15-5-2-6-16-24/h1,3-4,8-9,11-14,22-23,25H,2,5-7,10,15-18H2. The lowest BCUT2D eigenvalue weighted by Gasteiger charge is -2.29. The maximum absolute atomic E-state index is 9.17. The zero-order valence-electron chi connectivity index (χ0n) is 15.0. The maximum Gasteiger partial charge on any atom is 0.0431 e. The first-order chi connectivity index (χ1) is 12.4. The van der Waals surface area contributed by atoms with Crippen LogP contribution in [0.4, 0.5) is 5.69 Å². The zero-order valence-corrected chi connectivity index (χ0v) is 15.0. The van der Waals surface area contributed by atoms with Crippen LogP contribution in [0.3, 0.4) is 0 Å². The molecule has 0 saturated carbocycles. The summed E-state index contributed by atoms with van der Waals surface area (Å²) >= 11 is 0. The Bertz CT molecular complexity index is 606. The Morgan fingerprint density at radius 1 is 0.920 bits per heavy atom. The van der Waals surface area contributed by atoms with Gasteiger partial charge in [0.1, 0.15) is 0 Å². The first-order valence-corrected chi connectivity index (χ1v) is 9.60. The van der Waals surface area contributed by atoms with E-state index in [1.54, 1.807) is 0 Å². The van der Waals surface area contributed by atoms with Crippen molar-refractivity contribution in [3.05, 3.63) is 65.7 Å². The van der Waals surface area contributed by atoms with E-state index in [1.165, 1.54) is 49.2 Å². The summed E-state index contributed by atoms with van der Waals surface area (Å²) in [6.45, 7) is 3.48. The van der Waals surface area contributed by atoms with Gasteiger partial charge in [0.2, 0.25) is 0 Å².